The molecule has 0 amide bonds. The molecule has 0 aliphatic heterocycles. The maximum Gasteiger partial charge on any atom is 0.0153 e. The Labute approximate surface area is 174 Å². The summed E-state index contributed by atoms with van der Waals surface area (Å²) in [6.45, 7) is 14.6. The van der Waals surface area contributed by atoms with Crippen LogP contribution in [0.4, 0.5) is 0 Å². The van der Waals surface area contributed by atoms with Crippen LogP contribution in [0.15, 0.2) is 0 Å². The Morgan fingerprint density at radius 1 is 0.444 bits per heavy atom. The summed E-state index contributed by atoms with van der Waals surface area (Å²) in [7, 11) is 0. The van der Waals surface area contributed by atoms with Gasteiger partial charge in [-0.2, -0.15) is 0 Å². The van der Waals surface area contributed by atoms with Gasteiger partial charge in [0.15, 0.2) is 0 Å². The van der Waals surface area contributed by atoms with Gasteiger partial charge in [-0.25, -0.2) is 0 Å². The van der Waals surface area contributed by atoms with E-state index in [0.29, 0.717) is 5.54 Å². The minimum absolute atomic E-state index is 0.390. The molecule has 1 nitrogen and oxygen atoms in total. The summed E-state index contributed by atoms with van der Waals surface area (Å²) in [5.74, 6) is 0. The number of unbranched alkanes of at least 4 members (excludes halogenated alkanes) is 14. The molecule has 1 heteroatoms. The van der Waals surface area contributed by atoms with Crippen LogP contribution in [-0.2, 0) is 0 Å². The first-order valence-corrected chi connectivity index (χ1v) is 12.8. The van der Waals surface area contributed by atoms with Crippen molar-refractivity contribution in [3.8, 4) is 0 Å². The summed E-state index contributed by atoms with van der Waals surface area (Å²) in [6, 6.07) is 0. The number of hydrogen-bond donors (Lipinski definition) is 0. The molecule has 0 aromatic heterocycles. The van der Waals surface area contributed by atoms with Crippen LogP contribution in [0.2, 0.25) is 0 Å². The second kappa shape index (κ2) is 19.3. The predicted octanol–water partition coefficient (Wildman–Crippen LogP) is 9.15. The second-order valence-electron chi connectivity index (χ2n) is 9.50. The Balaban J connectivity index is 3.86. The number of rotatable bonds is 21. The molecule has 0 aliphatic carbocycles. The van der Waals surface area contributed by atoms with Crippen LogP contribution in [0.3, 0.4) is 0 Å². The summed E-state index contributed by atoms with van der Waals surface area (Å²) in [5.41, 5.74) is 0.390. The van der Waals surface area contributed by atoms with Gasteiger partial charge in [0, 0.05) is 5.54 Å². The highest BCUT2D eigenvalue weighted by Crippen LogP contribution is 2.24. The molecular formula is C26H55N. The fourth-order valence-corrected chi connectivity index (χ4v) is 4.20. The highest BCUT2D eigenvalue weighted by molar-refractivity contribution is 4.81. The second-order valence-corrected chi connectivity index (χ2v) is 9.50. The van der Waals surface area contributed by atoms with Gasteiger partial charge in [-0.05, 0) is 46.2 Å². The van der Waals surface area contributed by atoms with E-state index in [4.69, 9.17) is 0 Å². The summed E-state index contributed by atoms with van der Waals surface area (Å²) in [4.78, 5) is 2.81. The molecule has 0 fully saturated rings. The van der Waals surface area contributed by atoms with E-state index in [1.54, 1.807) is 0 Å². The maximum atomic E-state index is 2.81. The van der Waals surface area contributed by atoms with Gasteiger partial charge < -0.3 is 0 Å². The molecule has 0 heterocycles. The van der Waals surface area contributed by atoms with E-state index in [0.717, 1.165) is 0 Å². The normalized spacial score (nSPS) is 12.2. The van der Waals surface area contributed by atoms with Gasteiger partial charge in [-0.15, -0.1) is 0 Å². The van der Waals surface area contributed by atoms with Crippen molar-refractivity contribution in [1.82, 2.24) is 4.90 Å². The maximum absolute atomic E-state index is 2.81. The van der Waals surface area contributed by atoms with Crippen molar-refractivity contribution < 1.29 is 0 Å². The van der Waals surface area contributed by atoms with Crippen molar-refractivity contribution in [2.45, 2.75) is 156 Å². The van der Waals surface area contributed by atoms with E-state index in [1.165, 1.54) is 129 Å². The molecule has 0 saturated heterocycles. The highest BCUT2D eigenvalue weighted by Gasteiger charge is 2.25. The van der Waals surface area contributed by atoms with Crippen LogP contribution in [-0.4, -0.2) is 23.5 Å². The minimum Gasteiger partial charge on any atom is -0.298 e. The molecule has 0 aliphatic rings. The third-order valence-corrected chi connectivity index (χ3v) is 6.31. The van der Waals surface area contributed by atoms with Crippen LogP contribution in [0.1, 0.15) is 150 Å². The lowest BCUT2D eigenvalue weighted by Crippen LogP contribution is -2.45. The van der Waals surface area contributed by atoms with Crippen molar-refractivity contribution >= 4 is 0 Å². The van der Waals surface area contributed by atoms with Crippen LogP contribution in [0, 0.1) is 0 Å². The van der Waals surface area contributed by atoms with Gasteiger partial charge in [0.25, 0.3) is 0 Å². The lowest BCUT2D eigenvalue weighted by Gasteiger charge is -2.39. The first-order valence-electron chi connectivity index (χ1n) is 12.8. The van der Waals surface area contributed by atoms with Crippen molar-refractivity contribution in [1.29, 1.82) is 0 Å². The molecule has 0 aromatic carbocycles. The van der Waals surface area contributed by atoms with E-state index in [-0.39, 0.29) is 0 Å². The molecule has 0 N–H and O–H groups in total. The lowest BCUT2D eigenvalue weighted by atomic mass is 9.93. The Bertz CT molecular complexity index is 274. The van der Waals surface area contributed by atoms with Crippen molar-refractivity contribution in [2.75, 3.05) is 13.1 Å². The smallest absolute Gasteiger partial charge is 0.0153 e. The monoisotopic (exact) mass is 381 g/mol. The summed E-state index contributed by atoms with van der Waals surface area (Å²) >= 11 is 0. The average molecular weight is 382 g/mol. The van der Waals surface area contributed by atoms with Crippen molar-refractivity contribution in [3.63, 3.8) is 0 Å². The van der Waals surface area contributed by atoms with Gasteiger partial charge >= 0.3 is 0 Å². The Morgan fingerprint density at radius 3 is 1.19 bits per heavy atom. The quantitative estimate of drug-likeness (QED) is 0.179. The van der Waals surface area contributed by atoms with E-state index in [2.05, 4.69) is 39.5 Å². The highest BCUT2D eigenvalue weighted by atomic mass is 15.2. The molecule has 0 rings (SSSR count). The lowest BCUT2D eigenvalue weighted by molar-refractivity contribution is 0.103. The Kier molecular flexibility index (Phi) is 19.3. The molecule has 0 aromatic rings. The molecule has 27 heavy (non-hydrogen) atoms. The van der Waals surface area contributed by atoms with E-state index in [1.807, 2.05) is 0 Å². The largest absolute Gasteiger partial charge is 0.298 e. The first kappa shape index (κ1) is 27.0. The third kappa shape index (κ3) is 16.6. The Hall–Kier alpha value is -0.0400. The molecule has 0 atom stereocenters. The topological polar surface area (TPSA) is 3.24 Å². The summed E-state index contributed by atoms with van der Waals surface area (Å²) in [5, 5.41) is 0. The van der Waals surface area contributed by atoms with Gasteiger partial charge in [0.2, 0.25) is 0 Å². The summed E-state index contributed by atoms with van der Waals surface area (Å²) < 4.78 is 0. The van der Waals surface area contributed by atoms with Crippen LogP contribution in [0.5, 0.6) is 0 Å². The van der Waals surface area contributed by atoms with Gasteiger partial charge in [-0.1, -0.05) is 117 Å². The van der Waals surface area contributed by atoms with Gasteiger partial charge in [-0.3, -0.25) is 4.90 Å². The fraction of sp³-hybridized carbons (Fsp3) is 1.00. The third-order valence-electron chi connectivity index (χ3n) is 6.31. The molecular weight excluding hydrogens is 326 g/mol. The van der Waals surface area contributed by atoms with Gasteiger partial charge in [0.05, 0.1) is 0 Å². The molecule has 0 bridgehead atoms. The molecule has 0 radical (unpaired) electrons. The van der Waals surface area contributed by atoms with Crippen molar-refractivity contribution in [2.24, 2.45) is 0 Å². The van der Waals surface area contributed by atoms with Gasteiger partial charge in [0.1, 0.15) is 0 Å². The van der Waals surface area contributed by atoms with E-state index >= 15 is 0 Å². The van der Waals surface area contributed by atoms with Crippen molar-refractivity contribution in [3.05, 3.63) is 0 Å². The predicted molar refractivity (Wildman–Crippen MR) is 126 cm³/mol. The first-order chi connectivity index (χ1) is 13.1. The van der Waals surface area contributed by atoms with Crippen LogP contribution < -0.4 is 0 Å². The van der Waals surface area contributed by atoms with Crippen LogP contribution in [0.25, 0.3) is 0 Å². The fourth-order valence-electron chi connectivity index (χ4n) is 4.20. The molecule has 0 unspecified atom stereocenters. The number of nitrogens with zero attached hydrogens (tertiary/aromatic N) is 1. The standard InChI is InChI=1S/C26H55N/c1-6-9-12-13-14-15-16-17-18-19-20-23-26(4,5)27(24-21-10-7-2)25-22-11-8-3/h6-25H2,1-5H3. The zero-order valence-electron chi connectivity index (χ0n) is 20.1. The molecule has 0 spiro atoms. The zero-order chi connectivity index (χ0) is 20.2. The minimum atomic E-state index is 0.390. The molecule has 164 valence electrons. The SMILES string of the molecule is CCCCCCCCCCCCCC(C)(C)N(CCCCC)CCCCC. The average Bonchev–Trinajstić information content (AvgIpc) is 2.65. The summed E-state index contributed by atoms with van der Waals surface area (Å²) in [6.07, 6.45) is 25.5. The van der Waals surface area contributed by atoms with E-state index in [9.17, 15) is 0 Å². The Morgan fingerprint density at radius 2 is 0.778 bits per heavy atom. The van der Waals surface area contributed by atoms with E-state index < -0.39 is 0 Å². The zero-order valence-corrected chi connectivity index (χ0v) is 20.1. The van der Waals surface area contributed by atoms with Crippen LogP contribution >= 0.6 is 0 Å². The molecule has 0 saturated carbocycles. The number of hydrogen-bond acceptors (Lipinski definition) is 1.